The molecule has 6 heteroatoms. The topological polar surface area (TPSA) is 24.6 Å². The predicted octanol–water partition coefficient (Wildman–Crippen LogP) is 12.7. The molecule has 0 saturated heterocycles. The molecule has 338 valence electrons. The molecule has 0 spiro atoms. The molecule has 9 aromatic rings. The third-order valence-corrected chi connectivity index (χ3v) is 16.7. The maximum absolute atomic E-state index is 7.02. The summed E-state index contributed by atoms with van der Waals surface area (Å²) in [5.74, 6) is 0.437. The van der Waals surface area contributed by atoms with E-state index in [0.717, 1.165) is 24.0 Å². The summed E-state index contributed by atoms with van der Waals surface area (Å²) in [5.41, 5.74) is 28.5. The highest BCUT2D eigenvalue weighted by molar-refractivity contribution is 7.04. The van der Waals surface area contributed by atoms with Gasteiger partial charge in [0, 0.05) is 61.7 Å². The van der Waals surface area contributed by atoms with E-state index in [0.29, 0.717) is 5.92 Å². The number of hydrogen-bond acceptors (Lipinski definition) is 3. The SMILES string of the molecule is CC(C)c1ccc(N2c3ccc(C(C)(C)C)cc3B3c4cc(C(C)(C)C)ccc4N4c5ccc(C(C)(C)C)cc5B5c6c(cc2c3c64)-n2c3c(c4c6oc7ccccc7c6cc5c42)CCC=C3)cc1. The van der Waals surface area contributed by atoms with Gasteiger partial charge in [-0.15, -0.1) is 0 Å². The maximum atomic E-state index is 7.02. The third kappa shape index (κ3) is 5.49. The highest BCUT2D eigenvalue weighted by Crippen LogP contribution is 2.50. The van der Waals surface area contributed by atoms with E-state index in [9.17, 15) is 0 Å². The zero-order chi connectivity index (χ0) is 47.4. The van der Waals surface area contributed by atoms with Gasteiger partial charge in [-0.25, -0.2) is 0 Å². The maximum Gasteiger partial charge on any atom is 0.252 e. The van der Waals surface area contributed by atoms with Gasteiger partial charge in [0.05, 0.1) is 5.52 Å². The van der Waals surface area contributed by atoms with Crippen LogP contribution in [0.15, 0.2) is 126 Å². The van der Waals surface area contributed by atoms with E-state index >= 15 is 0 Å². The van der Waals surface area contributed by atoms with Crippen molar-refractivity contribution in [3.8, 4) is 5.69 Å². The Morgan fingerprint density at radius 3 is 1.71 bits per heavy atom. The van der Waals surface area contributed by atoms with Crippen LogP contribution in [0.2, 0.25) is 0 Å². The molecule has 4 nitrogen and oxygen atoms in total. The number of allylic oxidation sites excluding steroid dienone is 1. The van der Waals surface area contributed by atoms with Gasteiger partial charge < -0.3 is 18.8 Å². The van der Waals surface area contributed by atoms with Crippen LogP contribution in [0.1, 0.15) is 122 Å². The normalized spacial score (nSPS) is 15.3. The highest BCUT2D eigenvalue weighted by Gasteiger charge is 2.52. The molecular formula is C63H59B2N3O. The van der Waals surface area contributed by atoms with E-state index in [2.05, 4.69) is 218 Å². The number of anilines is 6. The Bertz CT molecular complexity index is 3790. The summed E-state index contributed by atoms with van der Waals surface area (Å²) in [6.07, 6.45) is 6.79. The van der Waals surface area contributed by atoms with Gasteiger partial charge in [-0.1, -0.05) is 155 Å². The Morgan fingerprint density at radius 1 is 0.551 bits per heavy atom. The first-order valence-corrected chi connectivity index (χ1v) is 25.5. The smallest absolute Gasteiger partial charge is 0.252 e. The summed E-state index contributed by atoms with van der Waals surface area (Å²) >= 11 is 0. The second kappa shape index (κ2) is 13.6. The van der Waals surface area contributed by atoms with Gasteiger partial charge in [0.25, 0.3) is 13.4 Å². The molecule has 0 saturated carbocycles. The van der Waals surface area contributed by atoms with Crippen LogP contribution in [-0.2, 0) is 22.7 Å². The molecule has 0 amide bonds. The van der Waals surface area contributed by atoms with Crippen molar-refractivity contribution >= 4 is 119 Å². The number of nitrogens with zero attached hydrogens (tertiary/aromatic N) is 3. The zero-order valence-electron chi connectivity index (χ0n) is 42.0. The fourth-order valence-electron chi connectivity index (χ4n) is 13.1. The van der Waals surface area contributed by atoms with Crippen LogP contribution >= 0.6 is 0 Å². The van der Waals surface area contributed by atoms with E-state index in [-0.39, 0.29) is 29.7 Å². The average molecular weight is 896 g/mol. The molecule has 0 unspecified atom stereocenters. The fourth-order valence-corrected chi connectivity index (χ4v) is 13.1. The Balaban J connectivity index is 1.20. The first kappa shape index (κ1) is 41.3. The molecule has 14 rings (SSSR count). The second-order valence-corrected chi connectivity index (χ2v) is 24.2. The molecule has 6 heterocycles. The number of fused-ring (bicyclic) bond motifs is 17. The largest absolute Gasteiger partial charge is 0.455 e. The summed E-state index contributed by atoms with van der Waals surface area (Å²) in [7, 11) is 0. The lowest BCUT2D eigenvalue weighted by molar-refractivity contribution is 0.590. The molecule has 69 heavy (non-hydrogen) atoms. The molecule has 0 fully saturated rings. The summed E-state index contributed by atoms with van der Waals surface area (Å²) in [6.45, 7) is 25.8. The molecular weight excluding hydrogens is 836 g/mol. The van der Waals surface area contributed by atoms with E-state index in [4.69, 9.17) is 4.42 Å². The lowest BCUT2D eigenvalue weighted by atomic mass is 9.28. The van der Waals surface area contributed by atoms with Gasteiger partial charge in [0.1, 0.15) is 11.2 Å². The number of benzene rings is 7. The van der Waals surface area contributed by atoms with Crippen LogP contribution < -0.4 is 42.6 Å². The van der Waals surface area contributed by atoms with Crippen LogP contribution in [0.3, 0.4) is 0 Å². The number of furan rings is 1. The number of hydrogen-bond donors (Lipinski definition) is 0. The number of para-hydroxylation sites is 1. The van der Waals surface area contributed by atoms with Crippen molar-refractivity contribution in [2.45, 2.75) is 111 Å². The second-order valence-electron chi connectivity index (χ2n) is 24.2. The Morgan fingerprint density at radius 2 is 1.12 bits per heavy atom. The quantitative estimate of drug-likeness (QED) is 0.162. The van der Waals surface area contributed by atoms with Crippen molar-refractivity contribution in [3.05, 3.63) is 155 Å². The minimum Gasteiger partial charge on any atom is -0.455 e. The molecule has 7 aromatic carbocycles. The Hall–Kier alpha value is -6.65. The lowest BCUT2D eigenvalue weighted by Crippen LogP contribution is -2.68. The number of rotatable bonds is 2. The van der Waals surface area contributed by atoms with Crippen molar-refractivity contribution < 1.29 is 4.42 Å². The summed E-state index contributed by atoms with van der Waals surface area (Å²) in [6, 6.07) is 45.6. The molecule has 2 aromatic heterocycles. The van der Waals surface area contributed by atoms with Gasteiger partial charge in [0.2, 0.25) is 0 Å². The van der Waals surface area contributed by atoms with Gasteiger partial charge in [-0.2, -0.15) is 0 Å². The van der Waals surface area contributed by atoms with E-state index in [1.54, 1.807) is 0 Å². The van der Waals surface area contributed by atoms with Crippen molar-refractivity contribution in [3.63, 3.8) is 0 Å². The van der Waals surface area contributed by atoms with E-state index in [1.165, 1.54) is 128 Å². The minimum absolute atomic E-state index is 0.00794. The van der Waals surface area contributed by atoms with E-state index < -0.39 is 0 Å². The molecule has 0 N–H and O–H groups in total. The standard InChI is InChI=1S/C63H59B2N3O/c1-35(2)36-20-25-40(26-21-36)66-49-27-22-37(61(3,4)5)30-44(49)64-45-31-38(62(6,7)8)23-28-50(45)68-51-29-24-39(63(9,10)11)32-46(51)65-47-33-43-41-16-13-15-19-54(41)69-60(43)55-42-17-12-14-18-48(42)67(58(47)55)53-34-52(66)56(64)59(68)57(53)65/h13-16,18-35H,12,17H2,1-11H3. The van der Waals surface area contributed by atoms with Crippen LogP contribution in [0, 0.1) is 0 Å². The summed E-state index contributed by atoms with van der Waals surface area (Å²) < 4.78 is 9.69. The molecule has 4 aliphatic heterocycles. The van der Waals surface area contributed by atoms with Gasteiger partial charge in [0.15, 0.2) is 0 Å². The first-order chi connectivity index (χ1) is 33.0. The lowest BCUT2D eigenvalue weighted by Gasteiger charge is -2.50. The zero-order valence-corrected chi connectivity index (χ0v) is 42.0. The molecule has 5 aliphatic rings. The van der Waals surface area contributed by atoms with Crippen molar-refractivity contribution in [1.82, 2.24) is 4.57 Å². The molecule has 1 aliphatic carbocycles. The summed E-state index contributed by atoms with van der Waals surface area (Å²) in [5, 5.41) is 3.68. The highest BCUT2D eigenvalue weighted by atomic mass is 16.3. The van der Waals surface area contributed by atoms with E-state index in [1.807, 2.05) is 0 Å². The van der Waals surface area contributed by atoms with Gasteiger partial charge in [-0.05, 0) is 144 Å². The minimum atomic E-state index is -0.0423. The van der Waals surface area contributed by atoms with Crippen molar-refractivity contribution in [1.29, 1.82) is 0 Å². The van der Waals surface area contributed by atoms with Gasteiger partial charge >= 0.3 is 0 Å². The van der Waals surface area contributed by atoms with Crippen molar-refractivity contribution in [2.24, 2.45) is 0 Å². The number of aryl methyl sites for hydroxylation is 1. The van der Waals surface area contributed by atoms with Crippen LogP contribution in [-0.4, -0.2) is 18.0 Å². The number of aromatic nitrogens is 1. The fraction of sp³-hybridized carbons (Fsp3) is 0.270. The summed E-state index contributed by atoms with van der Waals surface area (Å²) in [4.78, 5) is 5.34. The molecule has 0 bridgehead atoms. The van der Waals surface area contributed by atoms with Gasteiger partial charge in [-0.3, -0.25) is 0 Å². The van der Waals surface area contributed by atoms with Crippen LogP contribution in [0.25, 0.3) is 44.6 Å². The van der Waals surface area contributed by atoms with Crippen LogP contribution in [0.5, 0.6) is 0 Å². The average Bonchev–Trinajstić information content (AvgIpc) is 3.87. The first-order valence-electron chi connectivity index (χ1n) is 25.5. The van der Waals surface area contributed by atoms with Crippen molar-refractivity contribution in [2.75, 3.05) is 9.80 Å². The molecule has 0 atom stereocenters. The monoisotopic (exact) mass is 895 g/mol. The Kier molecular flexibility index (Phi) is 8.13. The Labute approximate surface area is 407 Å². The molecule has 0 radical (unpaired) electrons. The van der Waals surface area contributed by atoms with Crippen LogP contribution in [0.4, 0.5) is 34.1 Å². The third-order valence-electron chi connectivity index (χ3n) is 16.7. The predicted molar refractivity (Wildman–Crippen MR) is 297 cm³/mol.